The largest absolute Gasteiger partial charge is 0.327 e. The van der Waals surface area contributed by atoms with Crippen LogP contribution in [0.15, 0.2) is 18.2 Å². The van der Waals surface area contributed by atoms with Crippen molar-refractivity contribution < 1.29 is 14.4 Å². The molecule has 2 aliphatic rings. The SMILES string of the molecule is C[C@H](NCc1ccc2c(c1)C(=O)N(C1CCC(=O)NC1=O)C2)[C@@H](C)N. The minimum atomic E-state index is -0.572. The Morgan fingerprint density at radius 1 is 1.32 bits per heavy atom. The molecule has 0 aromatic heterocycles. The molecule has 3 atom stereocenters. The van der Waals surface area contributed by atoms with E-state index in [1.807, 2.05) is 32.0 Å². The Bertz CT molecular complexity index is 716. The summed E-state index contributed by atoms with van der Waals surface area (Å²) in [6.45, 7) is 5.00. The molecule has 134 valence electrons. The molecule has 1 unspecified atom stereocenters. The summed E-state index contributed by atoms with van der Waals surface area (Å²) in [4.78, 5) is 37.7. The van der Waals surface area contributed by atoms with Crippen molar-refractivity contribution in [2.24, 2.45) is 5.73 Å². The Labute approximate surface area is 146 Å². The molecule has 7 heteroatoms. The molecule has 1 fully saturated rings. The van der Waals surface area contributed by atoms with Gasteiger partial charge in [-0.1, -0.05) is 12.1 Å². The standard InChI is InChI=1S/C18H24N4O3/c1-10(19)11(2)20-8-12-3-4-13-9-22(18(25)14(13)7-12)15-5-6-16(23)21-17(15)24/h3-4,7,10-11,15,20H,5-6,8-9,19H2,1-2H3,(H,21,23,24)/t10-,11+,15?/m1/s1. The van der Waals surface area contributed by atoms with Gasteiger partial charge in [-0.3, -0.25) is 19.7 Å². The normalized spacial score (nSPS) is 22.6. The maximum absolute atomic E-state index is 12.7. The Morgan fingerprint density at radius 2 is 2.08 bits per heavy atom. The number of piperidine rings is 1. The van der Waals surface area contributed by atoms with Gasteiger partial charge in [-0.05, 0) is 37.5 Å². The molecule has 1 saturated heterocycles. The molecule has 3 rings (SSSR count). The van der Waals surface area contributed by atoms with E-state index in [4.69, 9.17) is 5.73 Å². The Kier molecular flexibility index (Phi) is 4.87. The second-order valence-electron chi connectivity index (χ2n) is 6.92. The molecular formula is C18H24N4O3. The first-order chi connectivity index (χ1) is 11.9. The number of fused-ring (bicyclic) bond motifs is 1. The minimum Gasteiger partial charge on any atom is -0.327 e. The molecule has 25 heavy (non-hydrogen) atoms. The number of amides is 3. The Hall–Kier alpha value is -2.25. The third-order valence-electron chi connectivity index (χ3n) is 5.01. The van der Waals surface area contributed by atoms with E-state index in [9.17, 15) is 14.4 Å². The second-order valence-corrected chi connectivity index (χ2v) is 6.92. The molecular weight excluding hydrogens is 320 g/mol. The third-order valence-corrected chi connectivity index (χ3v) is 5.01. The second kappa shape index (κ2) is 6.93. The highest BCUT2D eigenvalue weighted by atomic mass is 16.2. The topological polar surface area (TPSA) is 105 Å². The molecule has 0 spiro atoms. The summed E-state index contributed by atoms with van der Waals surface area (Å²) in [5, 5.41) is 5.65. The van der Waals surface area contributed by atoms with Gasteiger partial charge in [0.2, 0.25) is 11.8 Å². The smallest absolute Gasteiger partial charge is 0.255 e. The van der Waals surface area contributed by atoms with Gasteiger partial charge in [-0.2, -0.15) is 0 Å². The molecule has 0 saturated carbocycles. The van der Waals surface area contributed by atoms with Crippen molar-refractivity contribution in [2.75, 3.05) is 0 Å². The molecule has 0 aliphatic carbocycles. The monoisotopic (exact) mass is 344 g/mol. The first kappa shape index (κ1) is 17.6. The molecule has 0 radical (unpaired) electrons. The van der Waals surface area contributed by atoms with Gasteiger partial charge in [-0.25, -0.2) is 0 Å². The van der Waals surface area contributed by atoms with Gasteiger partial charge >= 0.3 is 0 Å². The fourth-order valence-electron chi connectivity index (χ4n) is 3.18. The maximum atomic E-state index is 12.7. The van der Waals surface area contributed by atoms with Crippen molar-refractivity contribution in [3.8, 4) is 0 Å². The molecule has 1 aromatic carbocycles. The number of benzene rings is 1. The highest BCUT2D eigenvalue weighted by molar-refractivity contribution is 6.05. The van der Waals surface area contributed by atoms with Crippen LogP contribution in [0.2, 0.25) is 0 Å². The first-order valence-corrected chi connectivity index (χ1v) is 8.62. The van der Waals surface area contributed by atoms with Crippen LogP contribution in [0.5, 0.6) is 0 Å². The number of hydrogen-bond acceptors (Lipinski definition) is 5. The van der Waals surface area contributed by atoms with Crippen LogP contribution in [0.1, 0.15) is 48.2 Å². The van der Waals surface area contributed by atoms with E-state index in [-0.39, 0.29) is 36.2 Å². The number of nitrogens with one attached hydrogen (secondary N) is 2. The fourth-order valence-corrected chi connectivity index (χ4v) is 3.18. The van der Waals surface area contributed by atoms with Crippen LogP contribution in [0.4, 0.5) is 0 Å². The van der Waals surface area contributed by atoms with E-state index in [1.54, 1.807) is 4.90 Å². The van der Waals surface area contributed by atoms with Crippen LogP contribution in [0.25, 0.3) is 0 Å². The number of imide groups is 1. The van der Waals surface area contributed by atoms with E-state index in [0.717, 1.165) is 11.1 Å². The number of hydrogen-bond donors (Lipinski definition) is 3. The molecule has 7 nitrogen and oxygen atoms in total. The maximum Gasteiger partial charge on any atom is 0.255 e. The van der Waals surface area contributed by atoms with Crippen LogP contribution in [0.3, 0.4) is 0 Å². The number of carbonyl (C=O) groups is 3. The molecule has 3 amide bonds. The first-order valence-electron chi connectivity index (χ1n) is 8.62. The van der Waals surface area contributed by atoms with Crippen molar-refractivity contribution in [3.05, 3.63) is 34.9 Å². The van der Waals surface area contributed by atoms with Gasteiger partial charge in [0.1, 0.15) is 6.04 Å². The van der Waals surface area contributed by atoms with E-state index in [1.165, 1.54) is 0 Å². The zero-order valence-corrected chi connectivity index (χ0v) is 14.5. The van der Waals surface area contributed by atoms with Crippen molar-refractivity contribution in [1.82, 2.24) is 15.5 Å². The van der Waals surface area contributed by atoms with Crippen molar-refractivity contribution in [1.29, 1.82) is 0 Å². The Morgan fingerprint density at radius 3 is 2.76 bits per heavy atom. The summed E-state index contributed by atoms with van der Waals surface area (Å²) < 4.78 is 0. The van der Waals surface area contributed by atoms with E-state index in [2.05, 4.69) is 10.6 Å². The highest BCUT2D eigenvalue weighted by Crippen LogP contribution is 2.28. The van der Waals surface area contributed by atoms with Crippen LogP contribution in [-0.4, -0.2) is 40.7 Å². The van der Waals surface area contributed by atoms with Gasteiger partial charge in [0.25, 0.3) is 5.91 Å². The summed E-state index contributed by atoms with van der Waals surface area (Å²) in [5.41, 5.74) is 8.41. The molecule has 2 heterocycles. The van der Waals surface area contributed by atoms with Crippen LogP contribution >= 0.6 is 0 Å². The fraction of sp³-hybridized carbons (Fsp3) is 0.500. The van der Waals surface area contributed by atoms with Gasteiger partial charge < -0.3 is 16.0 Å². The van der Waals surface area contributed by atoms with Gasteiger partial charge in [-0.15, -0.1) is 0 Å². The van der Waals surface area contributed by atoms with E-state index in [0.29, 0.717) is 25.1 Å². The summed E-state index contributed by atoms with van der Waals surface area (Å²) in [5.74, 6) is -0.807. The van der Waals surface area contributed by atoms with Crippen LogP contribution < -0.4 is 16.4 Å². The summed E-state index contributed by atoms with van der Waals surface area (Å²) >= 11 is 0. The molecule has 0 bridgehead atoms. The zero-order chi connectivity index (χ0) is 18.1. The van der Waals surface area contributed by atoms with E-state index < -0.39 is 6.04 Å². The molecule has 4 N–H and O–H groups in total. The van der Waals surface area contributed by atoms with Gasteiger partial charge in [0.15, 0.2) is 0 Å². The summed E-state index contributed by atoms with van der Waals surface area (Å²) in [6, 6.07) is 5.44. The Balaban J connectivity index is 1.71. The van der Waals surface area contributed by atoms with Crippen molar-refractivity contribution in [2.45, 2.75) is 57.9 Å². The van der Waals surface area contributed by atoms with Crippen LogP contribution in [0, 0.1) is 0 Å². The van der Waals surface area contributed by atoms with Gasteiger partial charge in [0.05, 0.1) is 0 Å². The average molecular weight is 344 g/mol. The lowest BCUT2D eigenvalue weighted by molar-refractivity contribution is -0.136. The number of carbonyl (C=O) groups excluding carboxylic acids is 3. The lowest BCUT2D eigenvalue weighted by Crippen LogP contribution is -2.52. The average Bonchev–Trinajstić information content (AvgIpc) is 2.89. The predicted molar refractivity (Wildman–Crippen MR) is 92.4 cm³/mol. The number of nitrogens with two attached hydrogens (primary N) is 1. The summed E-state index contributed by atoms with van der Waals surface area (Å²) in [7, 11) is 0. The van der Waals surface area contributed by atoms with Crippen LogP contribution in [-0.2, 0) is 22.7 Å². The lowest BCUT2D eigenvalue weighted by atomic mass is 10.0. The van der Waals surface area contributed by atoms with Gasteiger partial charge in [0, 0.05) is 37.2 Å². The van der Waals surface area contributed by atoms with Crippen molar-refractivity contribution >= 4 is 17.7 Å². The molecule has 1 aromatic rings. The minimum absolute atomic E-state index is 0.0408. The number of nitrogens with zero attached hydrogens (tertiary/aromatic N) is 1. The quantitative estimate of drug-likeness (QED) is 0.665. The lowest BCUT2D eigenvalue weighted by Gasteiger charge is -2.29. The summed E-state index contributed by atoms with van der Waals surface area (Å²) in [6.07, 6.45) is 0.644. The van der Waals surface area contributed by atoms with E-state index >= 15 is 0 Å². The van der Waals surface area contributed by atoms with Crippen molar-refractivity contribution in [3.63, 3.8) is 0 Å². The number of rotatable bonds is 5. The predicted octanol–water partition coefficient (Wildman–Crippen LogP) is 0.273. The zero-order valence-electron chi connectivity index (χ0n) is 14.5. The third kappa shape index (κ3) is 3.57. The highest BCUT2D eigenvalue weighted by Gasteiger charge is 2.39. The molecule has 2 aliphatic heterocycles.